The zero-order valence-corrected chi connectivity index (χ0v) is 15.1. The number of hydrogen-bond donors (Lipinski definition) is 1. The molecule has 0 unspecified atom stereocenters. The van der Waals surface area contributed by atoms with Crippen molar-refractivity contribution in [1.29, 1.82) is 0 Å². The summed E-state index contributed by atoms with van der Waals surface area (Å²) in [5, 5.41) is 3.20. The van der Waals surface area contributed by atoms with Gasteiger partial charge in [-0.3, -0.25) is 0 Å². The Morgan fingerprint density at radius 2 is 1.78 bits per heavy atom. The second kappa shape index (κ2) is 7.85. The number of nitrogens with zero attached hydrogens (tertiary/aromatic N) is 1. The molecule has 1 aromatic rings. The third kappa shape index (κ3) is 5.56. The molecule has 0 bridgehead atoms. The van der Waals surface area contributed by atoms with Crippen LogP contribution in [0.3, 0.4) is 0 Å². The van der Waals surface area contributed by atoms with Crippen LogP contribution in [0.4, 0.5) is 4.79 Å². The number of benzene rings is 1. The first-order chi connectivity index (χ1) is 10.9. The van der Waals surface area contributed by atoms with Gasteiger partial charge in [-0.15, -0.1) is 0 Å². The van der Waals surface area contributed by atoms with E-state index in [2.05, 4.69) is 50.0 Å². The van der Waals surface area contributed by atoms with Crippen molar-refractivity contribution in [3.8, 4) is 0 Å². The Balaban J connectivity index is 2.06. The van der Waals surface area contributed by atoms with E-state index < -0.39 is 0 Å². The third-order valence-electron chi connectivity index (χ3n) is 4.56. The lowest BCUT2D eigenvalue weighted by atomic mass is 9.90. The van der Waals surface area contributed by atoms with Crippen molar-refractivity contribution < 1.29 is 4.79 Å². The molecule has 3 nitrogen and oxygen atoms in total. The van der Waals surface area contributed by atoms with E-state index in [1.165, 1.54) is 19.3 Å². The van der Waals surface area contributed by atoms with Gasteiger partial charge in [0, 0.05) is 12.6 Å². The van der Waals surface area contributed by atoms with Crippen molar-refractivity contribution in [2.45, 2.75) is 71.9 Å². The Hall–Kier alpha value is -1.51. The molecule has 3 heteroatoms. The van der Waals surface area contributed by atoms with Crippen molar-refractivity contribution in [2.24, 2.45) is 5.41 Å². The van der Waals surface area contributed by atoms with Gasteiger partial charge in [-0.2, -0.15) is 0 Å². The van der Waals surface area contributed by atoms with Crippen molar-refractivity contribution in [2.75, 3.05) is 6.54 Å². The first-order valence-corrected chi connectivity index (χ1v) is 8.99. The maximum atomic E-state index is 12.9. The molecule has 2 rings (SSSR count). The Morgan fingerprint density at radius 1 is 1.17 bits per heavy atom. The van der Waals surface area contributed by atoms with E-state index in [9.17, 15) is 4.79 Å². The molecule has 128 valence electrons. The van der Waals surface area contributed by atoms with E-state index in [1.54, 1.807) is 0 Å². The molecule has 1 aliphatic rings. The molecule has 23 heavy (non-hydrogen) atoms. The van der Waals surface area contributed by atoms with Gasteiger partial charge in [-0.05, 0) is 30.7 Å². The molecule has 0 aliphatic heterocycles. The molecular formula is C20H32N2O. The molecule has 0 aromatic heterocycles. The number of urea groups is 1. The highest BCUT2D eigenvalue weighted by Crippen LogP contribution is 2.26. The van der Waals surface area contributed by atoms with Crippen LogP contribution in [0.1, 0.15) is 71.4 Å². The van der Waals surface area contributed by atoms with Crippen molar-refractivity contribution >= 4 is 6.03 Å². The van der Waals surface area contributed by atoms with Gasteiger partial charge in [-0.1, -0.05) is 70.4 Å². The summed E-state index contributed by atoms with van der Waals surface area (Å²) in [6.45, 7) is 9.48. The largest absolute Gasteiger partial charge is 0.331 e. The van der Waals surface area contributed by atoms with Gasteiger partial charge in [0.2, 0.25) is 0 Å². The maximum Gasteiger partial charge on any atom is 0.318 e. The quantitative estimate of drug-likeness (QED) is 0.819. The van der Waals surface area contributed by atoms with Crippen LogP contribution >= 0.6 is 0 Å². The summed E-state index contributed by atoms with van der Waals surface area (Å²) in [5.41, 5.74) is 1.27. The van der Waals surface area contributed by atoms with E-state index in [0.717, 1.165) is 24.9 Å². The fraction of sp³-hybridized carbons (Fsp3) is 0.650. The van der Waals surface area contributed by atoms with Gasteiger partial charge in [0.25, 0.3) is 0 Å². The van der Waals surface area contributed by atoms with E-state index in [4.69, 9.17) is 0 Å². The van der Waals surface area contributed by atoms with Crippen molar-refractivity contribution in [3.05, 3.63) is 35.9 Å². The monoisotopic (exact) mass is 316 g/mol. The molecule has 0 heterocycles. The lowest BCUT2D eigenvalue weighted by molar-refractivity contribution is 0.124. The standard InChI is InChI=1S/C20H32N2O/c1-16(17-11-7-5-8-12-17)21-19(23)22(15-20(2,3)4)18-13-9-6-10-14-18/h5,7-8,11-12,16,18H,6,9-10,13-15H2,1-4H3,(H,21,23)/t16-/m1/s1. The van der Waals surface area contributed by atoms with E-state index >= 15 is 0 Å². The summed E-state index contributed by atoms with van der Waals surface area (Å²) in [7, 11) is 0. The molecule has 2 amide bonds. The highest BCUT2D eigenvalue weighted by Gasteiger charge is 2.29. The Kier molecular flexibility index (Phi) is 6.09. The fourth-order valence-electron chi connectivity index (χ4n) is 3.36. The first-order valence-electron chi connectivity index (χ1n) is 8.99. The molecule has 1 atom stereocenters. The van der Waals surface area contributed by atoms with E-state index in [1.807, 2.05) is 18.2 Å². The average Bonchev–Trinajstić information content (AvgIpc) is 2.53. The van der Waals surface area contributed by atoms with Crippen LogP contribution in [-0.2, 0) is 0 Å². The summed E-state index contributed by atoms with van der Waals surface area (Å²) < 4.78 is 0. The van der Waals surface area contributed by atoms with Gasteiger partial charge in [-0.25, -0.2) is 4.79 Å². The Bertz CT molecular complexity index is 486. The highest BCUT2D eigenvalue weighted by atomic mass is 16.2. The second-order valence-electron chi connectivity index (χ2n) is 8.06. The van der Waals surface area contributed by atoms with Gasteiger partial charge in [0.05, 0.1) is 6.04 Å². The lowest BCUT2D eigenvalue weighted by Gasteiger charge is -2.39. The number of amides is 2. The molecule has 0 radical (unpaired) electrons. The van der Waals surface area contributed by atoms with Crippen LogP contribution < -0.4 is 5.32 Å². The van der Waals surface area contributed by atoms with Crippen LogP contribution in [0, 0.1) is 5.41 Å². The molecule has 0 saturated heterocycles. The third-order valence-corrected chi connectivity index (χ3v) is 4.56. The summed E-state index contributed by atoms with van der Waals surface area (Å²) in [6, 6.07) is 10.7. The number of rotatable bonds is 4. The van der Waals surface area contributed by atoms with Gasteiger partial charge in [0.1, 0.15) is 0 Å². The lowest BCUT2D eigenvalue weighted by Crippen LogP contribution is -2.50. The smallest absolute Gasteiger partial charge is 0.318 e. The summed E-state index contributed by atoms with van der Waals surface area (Å²) in [4.78, 5) is 15.0. The summed E-state index contributed by atoms with van der Waals surface area (Å²) in [5.74, 6) is 0. The van der Waals surface area contributed by atoms with Gasteiger partial charge in [0.15, 0.2) is 0 Å². The van der Waals surface area contributed by atoms with Crippen molar-refractivity contribution in [3.63, 3.8) is 0 Å². The second-order valence-corrected chi connectivity index (χ2v) is 8.06. The number of hydrogen-bond acceptors (Lipinski definition) is 1. The zero-order chi connectivity index (χ0) is 16.9. The van der Waals surface area contributed by atoms with E-state index in [0.29, 0.717) is 6.04 Å². The molecular weight excluding hydrogens is 284 g/mol. The molecule has 1 fully saturated rings. The van der Waals surface area contributed by atoms with Gasteiger partial charge >= 0.3 is 6.03 Å². The molecule has 1 saturated carbocycles. The fourth-order valence-corrected chi connectivity index (χ4v) is 3.36. The maximum absolute atomic E-state index is 12.9. The molecule has 0 spiro atoms. The normalized spacial score (nSPS) is 17.6. The van der Waals surface area contributed by atoms with Crippen LogP contribution in [0.15, 0.2) is 30.3 Å². The molecule has 1 aliphatic carbocycles. The summed E-state index contributed by atoms with van der Waals surface area (Å²) in [6.07, 6.45) is 6.08. The minimum atomic E-state index is 0.0368. The topological polar surface area (TPSA) is 32.3 Å². The van der Waals surface area contributed by atoms with E-state index in [-0.39, 0.29) is 17.5 Å². The van der Waals surface area contributed by atoms with Crippen LogP contribution in [-0.4, -0.2) is 23.5 Å². The van der Waals surface area contributed by atoms with Crippen LogP contribution in [0.5, 0.6) is 0 Å². The number of carbonyl (C=O) groups is 1. The van der Waals surface area contributed by atoms with Crippen molar-refractivity contribution in [1.82, 2.24) is 10.2 Å². The Labute approximate surface area is 141 Å². The van der Waals surface area contributed by atoms with Crippen LogP contribution in [0.25, 0.3) is 0 Å². The predicted octanol–water partition coefficient (Wildman–Crippen LogP) is 5.14. The number of carbonyl (C=O) groups excluding carboxylic acids is 1. The zero-order valence-electron chi connectivity index (χ0n) is 15.1. The molecule has 1 aromatic carbocycles. The first kappa shape index (κ1) is 17.8. The minimum Gasteiger partial charge on any atom is -0.331 e. The Morgan fingerprint density at radius 3 is 2.35 bits per heavy atom. The van der Waals surface area contributed by atoms with Crippen LogP contribution in [0.2, 0.25) is 0 Å². The SMILES string of the molecule is C[C@@H](NC(=O)N(CC(C)(C)C)C1CCCCC1)c1ccccc1. The average molecular weight is 316 g/mol. The summed E-state index contributed by atoms with van der Waals surface area (Å²) >= 11 is 0. The number of nitrogens with one attached hydrogen (secondary N) is 1. The minimum absolute atomic E-state index is 0.0368. The van der Waals surface area contributed by atoms with Gasteiger partial charge < -0.3 is 10.2 Å². The molecule has 1 N–H and O–H groups in total. The highest BCUT2D eigenvalue weighted by molar-refractivity contribution is 5.75. The predicted molar refractivity (Wildman–Crippen MR) is 96.4 cm³/mol.